The Morgan fingerprint density at radius 1 is 0.840 bits per heavy atom. The van der Waals surface area contributed by atoms with E-state index in [1.54, 1.807) is 5.57 Å². The molecule has 0 unspecified atom stereocenters. The van der Waals surface area contributed by atoms with Crippen LogP contribution in [0.3, 0.4) is 0 Å². The molecule has 0 heterocycles. The van der Waals surface area contributed by atoms with Gasteiger partial charge in [-0.05, 0) is 0 Å². The summed E-state index contributed by atoms with van der Waals surface area (Å²) in [5, 5.41) is 3.99. The summed E-state index contributed by atoms with van der Waals surface area (Å²) in [5.41, 5.74) is 5.59. The van der Waals surface area contributed by atoms with Crippen molar-refractivity contribution in [2.45, 2.75) is 31.4 Å². The van der Waals surface area contributed by atoms with Gasteiger partial charge in [0.05, 0.1) is 0 Å². The summed E-state index contributed by atoms with van der Waals surface area (Å²) in [6, 6.07) is 26.5. The monoisotopic (exact) mass is 410 g/mol. The standard InChI is InChI=1S/C23H26SeSi/c1-25(2,3)18-20(16-17-24-21-12-5-4-6-13-21)23-15-9-11-19-10-7-8-14-22(19)23/h4-15,18H,16-17H2,1-3H3/b20-18-. The minimum absolute atomic E-state index is 0.546. The van der Waals surface area contributed by atoms with Gasteiger partial charge in [0, 0.05) is 0 Å². The van der Waals surface area contributed by atoms with Crippen LogP contribution in [0.5, 0.6) is 0 Å². The van der Waals surface area contributed by atoms with Crippen LogP contribution in [0.4, 0.5) is 0 Å². The van der Waals surface area contributed by atoms with E-state index in [1.807, 2.05) is 0 Å². The van der Waals surface area contributed by atoms with Crippen LogP contribution in [0, 0.1) is 0 Å². The van der Waals surface area contributed by atoms with Crippen LogP contribution >= 0.6 is 0 Å². The molecule has 3 aromatic rings. The van der Waals surface area contributed by atoms with Crippen LogP contribution in [0.15, 0.2) is 78.5 Å². The molecule has 0 aliphatic carbocycles. The van der Waals surface area contributed by atoms with Crippen LogP contribution in [-0.4, -0.2) is 23.0 Å². The van der Waals surface area contributed by atoms with Crippen molar-refractivity contribution in [3.63, 3.8) is 0 Å². The van der Waals surface area contributed by atoms with E-state index < -0.39 is 8.07 Å². The second kappa shape index (κ2) is 8.18. The summed E-state index contributed by atoms with van der Waals surface area (Å²) in [5.74, 6) is 0. The van der Waals surface area contributed by atoms with Gasteiger partial charge in [-0.1, -0.05) is 0 Å². The number of benzene rings is 3. The number of fused-ring (bicyclic) bond motifs is 1. The van der Waals surface area contributed by atoms with Gasteiger partial charge in [0.1, 0.15) is 0 Å². The maximum absolute atomic E-state index is 2.61. The molecule has 3 aromatic carbocycles. The molecule has 25 heavy (non-hydrogen) atoms. The molecule has 0 spiro atoms. The van der Waals surface area contributed by atoms with Gasteiger partial charge >= 0.3 is 159 Å². The summed E-state index contributed by atoms with van der Waals surface area (Å²) in [6.45, 7) is 7.29. The van der Waals surface area contributed by atoms with E-state index in [-0.39, 0.29) is 0 Å². The minimum atomic E-state index is -1.27. The van der Waals surface area contributed by atoms with Gasteiger partial charge in [-0.15, -0.1) is 0 Å². The number of hydrogen-bond donors (Lipinski definition) is 0. The number of hydrogen-bond acceptors (Lipinski definition) is 0. The third kappa shape index (κ3) is 5.18. The Labute approximate surface area is 159 Å². The van der Waals surface area contributed by atoms with Gasteiger partial charge < -0.3 is 0 Å². The average Bonchev–Trinajstić information content (AvgIpc) is 2.60. The topological polar surface area (TPSA) is 0 Å². The molecule has 128 valence electrons. The Morgan fingerprint density at radius 3 is 2.28 bits per heavy atom. The van der Waals surface area contributed by atoms with Gasteiger partial charge in [0.15, 0.2) is 0 Å². The molecule has 0 aliphatic heterocycles. The molecule has 0 aliphatic rings. The first-order valence-electron chi connectivity index (χ1n) is 8.91. The van der Waals surface area contributed by atoms with Crippen LogP contribution < -0.4 is 4.46 Å². The summed E-state index contributed by atoms with van der Waals surface area (Å²) in [7, 11) is -1.27. The van der Waals surface area contributed by atoms with E-state index in [0.29, 0.717) is 15.0 Å². The maximum atomic E-state index is 2.61. The van der Waals surface area contributed by atoms with Crippen molar-refractivity contribution in [3.05, 3.63) is 84.1 Å². The van der Waals surface area contributed by atoms with Gasteiger partial charge in [0.25, 0.3) is 0 Å². The summed E-state index contributed by atoms with van der Waals surface area (Å²) in [6.07, 6.45) is 1.17. The molecular formula is C23H26SeSi. The third-order valence-electron chi connectivity index (χ3n) is 4.13. The third-order valence-corrected chi connectivity index (χ3v) is 7.47. The molecule has 0 aromatic heterocycles. The zero-order valence-corrected chi connectivity index (χ0v) is 18.0. The van der Waals surface area contributed by atoms with Crippen LogP contribution in [0.1, 0.15) is 12.0 Å². The predicted octanol–water partition coefficient (Wildman–Crippen LogP) is 5.94. The molecule has 0 bridgehead atoms. The first kappa shape index (κ1) is 18.2. The molecule has 0 saturated carbocycles. The fourth-order valence-corrected chi connectivity index (χ4v) is 6.36. The molecular weight excluding hydrogens is 383 g/mol. The van der Waals surface area contributed by atoms with Gasteiger partial charge in [-0.3, -0.25) is 0 Å². The van der Waals surface area contributed by atoms with Crippen molar-refractivity contribution in [2.24, 2.45) is 0 Å². The normalized spacial score (nSPS) is 12.5. The van der Waals surface area contributed by atoms with E-state index in [2.05, 4.69) is 98.1 Å². The molecule has 0 saturated heterocycles. The van der Waals surface area contributed by atoms with Crippen molar-refractivity contribution in [3.8, 4) is 0 Å². The Morgan fingerprint density at radius 2 is 1.52 bits per heavy atom. The van der Waals surface area contributed by atoms with Crippen LogP contribution in [0.2, 0.25) is 25.0 Å². The van der Waals surface area contributed by atoms with Crippen molar-refractivity contribution < 1.29 is 0 Å². The first-order chi connectivity index (χ1) is 12.0. The van der Waals surface area contributed by atoms with E-state index in [4.69, 9.17) is 0 Å². The number of allylic oxidation sites excluding steroid dienone is 1. The zero-order chi connectivity index (χ0) is 17.7. The molecule has 0 fully saturated rings. The van der Waals surface area contributed by atoms with E-state index in [9.17, 15) is 0 Å². The van der Waals surface area contributed by atoms with Crippen molar-refractivity contribution >= 4 is 43.8 Å². The number of rotatable bonds is 6. The molecule has 2 heteroatoms. The summed E-state index contributed by atoms with van der Waals surface area (Å²) in [4.78, 5) is 0. The Bertz CT molecular complexity index is 855. The van der Waals surface area contributed by atoms with Crippen molar-refractivity contribution in [1.82, 2.24) is 0 Å². The quantitative estimate of drug-likeness (QED) is 0.442. The Balaban J connectivity index is 1.88. The molecule has 0 radical (unpaired) electrons. The van der Waals surface area contributed by atoms with Crippen LogP contribution in [-0.2, 0) is 0 Å². The van der Waals surface area contributed by atoms with Gasteiger partial charge in [0.2, 0.25) is 0 Å². The molecule has 0 amide bonds. The summed E-state index contributed by atoms with van der Waals surface area (Å²) < 4.78 is 1.50. The van der Waals surface area contributed by atoms with E-state index >= 15 is 0 Å². The first-order valence-corrected chi connectivity index (χ1v) is 14.6. The zero-order valence-electron chi connectivity index (χ0n) is 15.3. The second-order valence-corrected chi connectivity index (χ2v) is 14.9. The van der Waals surface area contributed by atoms with Crippen LogP contribution in [0.25, 0.3) is 16.3 Å². The summed E-state index contributed by atoms with van der Waals surface area (Å²) >= 11 is 0.546. The SMILES string of the molecule is C[Si](C)(C)/C=C(/CC[Se]c1ccccc1)c1cccc2ccccc12. The van der Waals surface area contributed by atoms with Gasteiger partial charge in [-0.25, -0.2) is 0 Å². The predicted molar refractivity (Wildman–Crippen MR) is 117 cm³/mol. The second-order valence-electron chi connectivity index (χ2n) is 7.47. The molecule has 0 atom stereocenters. The fourth-order valence-electron chi connectivity index (χ4n) is 3.11. The average molecular weight is 410 g/mol. The Hall–Kier alpha value is -1.60. The van der Waals surface area contributed by atoms with Gasteiger partial charge in [-0.2, -0.15) is 0 Å². The fraction of sp³-hybridized carbons (Fsp3) is 0.217. The molecule has 0 nitrogen and oxygen atoms in total. The molecule has 3 rings (SSSR count). The molecule has 0 N–H and O–H groups in total. The van der Waals surface area contributed by atoms with Crippen molar-refractivity contribution in [2.75, 3.05) is 0 Å². The van der Waals surface area contributed by atoms with Crippen molar-refractivity contribution in [1.29, 1.82) is 0 Å². The van der Waals surface area contributed by atoms with E-state index in [0.717, 1.165) is 0 Å². The van der Waals surface area contributed by atoms with E-state index in [1.165, 1.54) is 32.5 Å². The Kier molecular flexibility index (Phi) is 5.96.